The maximum absolute atomic E-state index is 4.01. The molecule has 0 heteroatoms. The van der Waals surface area contributed by atoms with Crippen LogP contribution in [0.15, 0.2) is 24.3 Å². The summed E-state index contributed by atoms with van der Waals surface area (Å²) in [6, 6.07) is 0. The molecular formula is C12H18. The van der Waals surface area contributed by atoms with Crippen LogP contribution in [0.4, 0.5) is 0 Å². The molecule has 0 heterocycles. The van der Waals surface area contributed by atoms with Gasteiger partial charge < -0.3 is 0 Å². The summed E-state index contributed by atoms with van der Waals surface area (Å²) >= 11 is 0. The fourth-order valence-corrected chi connectivity index (χ4v) is 2.91. The molecule has 0 aromatic carbocycles. The molecule has 1 fully saturated rings. The van der Waals surface area contributed by atoms with E-state index in [-0.39, 0.29) is 0 Å². The monoisotopic (exact) mass is 162 g/mol. The highest BCUT2D eigenvalue weighted by Crippen LogP contribution is 2.49. The van der Waals surface area contributed by atoms with E-state index in [4.69, 9.17) is 0 Å². The van der Waals surface area contributed by atoms with Crippen molar-refractivity contribution in [3.05, 3.63) is 24.3 Å². The fraction of sp³-hybridized carbons (Fsp3) is 0.667. The second-order valence-electron chi connectivity index (χ2n) is 4.63. The maximum Gasteiger partial charge on any atom is -0.0194 e. The quantitative estimate of drug-likeness (QED) is 0.546. The summed E-state index contributed by atoms with van der Waals surface area (Å²) in [5.74, 6) is 3.57. The summed E-state index contributed by atoms with van der Waals surface area (Å²) in [7, 11) is 0. The standard InChI is InChI=1S/C12H18/c1-8(2)6-12-9(3)10-4-5-11(12)7-10/h4-5,9-12H,1,6-7H2,2-3H3. The Bertz CT molecular complexity index is 224. The number of hydrogen-bond donors (Lipinski definition) is 0. The summed E-state index contributed by atoms with van der Waals surface area (Å²) in [6.45, 7) is 8.57. The Hall–Kier alpha value is -0.520. The third-order valence-corrected chi connectivity index (χ3v) is 3.63. The Morgan fingerprint density at radius 2 is 2.08 bits per heavy atom. The Labute approximate surface area is 75.4 Å². The molecule has 2 aliphatic carbocycles. The maximum atomic E-state index is 4.01. The van der Waals surface area contributed by atoms with E-state index in [9.17, 15) is 0 Å². The molecule has 2 rings (SSSR count). The predicted molar refractivity (Wildman–Crippen MR) is 52.8 cm³/mol. The molecule has 4 unspecified atom stereocenters. The summed E-state index contributed by atoms with van der Waals surface area (Å²) in [4.78, 5) is 0. The van der Waals surface area contributed by atoms with Crippen LogP contribution in [0, 0.1) is 23.7 Å². The van der Waals surface area contributed by atoms with E-state index in [0.717, 1.165) is 23.7 Å². The van der Waals surface area contributed by atoms with Crippen molar-refractivity contribution in [1.29, 1.82) is 0 Å². The van der Waals surface area contributed by atoms with E-state index in [2.05, 4.69) is 32.6 Å². The minimum absolute atomic E-state index is 0.877. The minimum atomic E-state index is 0.877. The lowest BCUT2D eigenvalue weighted by Crippen LogP contribution is -2.16. The molecule has 0 nitrogen and oxygen atoms in total. The van der Waals surface area contributed by atoms with E-state index in [0.29, 0.717) is 0 Å². The van der Waals surface area contributed by atoms with E-state index >= 15 is 0 Å². The van der Waals surface area contributed by atoms with Crippen LogP contribution in [0.5, 0.6) is 0 Å². The van der Waals surface area contributed by atoms with Gasteiger partial charge in [0, 0.05) is 0 Å². The first-order valence-corrected chi connectivity index (χ1v) is 5.01. The molecule has 0 radical (unpaired) electrons. The molecule has 0 amide bonds. The van der Waals surface area contributed by atoms with Crippen molar-refractivity contribution >= 4 is 0 Å². The third kappa shape index (κ3) is 1.14. The summed E-state index contributed by atoms with van der Waals surface area (Å²) in [6.07, 6.45) is 7.51. The average Bonchev–Trinajstić information content (AvgIpc) is 2.53. The molecule has 0 spiro atoms. The Morgan fingerprint density at radius 1 is 1.42 bits per heavy atom. The molecule has 4 atom stereocenters. The van der Waals surface area contributed by atoms with Gasteiger partial charge in [0.15, 0.2) is 0 Å². The van der Waals surface area contributed by atoms with Crippen molar-refractivity contribution < 1.29 is 0 Å². The van der Waals surface area contributed by atoms with Gasteiger partial charge in [0.1, 0.15) is 0 Å². The molecule has 2 aliphatic rings. The zero-order chi connectivity index (χ0) is 8.72. The van der Waals surface area contributed by atoms with Crippen molar-refractivity contribution in [2.75, 3.05) is 0 Å². The van der Waals surface area contributed by atoms with E-state index in [1.54, 1.807) is 0 Å². The molecular weight excluding hydrogens is 144 g/mol. The molecule has 0 aromatic heterocycles. The van der Waals surface area contributed by atoms with Crippen LogP contribution in [0.1, 0.15) is 26.7 Å². The first kappa shape index (κ1) is 8.10. The van der Waals surface area contributed by atoms with Gasteiger partial charge in [-0.2, -0.15) is 0 Å². The summed E-state index contributed by atoms with van der Waals surface area (Å²) in [5, 5.41) is 0. The lowest BCUT2D eigenvalue weighted by Gasteiger charge is -2.24. The zero-order valence-electron chi connectivity index (χ0n) is 8.09. The number of allylic oxidation sites excluding steroid dienone is 3. The van der Waals surface area contributed by atoms with Gasteiger partial charge in [-0.15, -0.1) is 6.58 Å². The third-order valence-electron chi connectivity index (χ3n) is 3.63. The van der Waals surface area contributed by atoms with E-state index in [1.807, 2.05) is 0 Å². The Kier molecular flexibility index (Phi) is 1.86. The predicted octanol–water partition coefficient (Wildman–Crippen LogP) is 3.41. The molecule has 0 aliphatic heterocycles. The Balaban J connectivity index is 2.08. The molecule has 12 heavy (non-hydrogen) atoms. The van der Waals surface area contributed by atoms with Gasteiger partial charge in [0.2, 0.25) is 0 Å². The van der Waals surface area contributed by atoms with Gasteiger partial charge in [0.05, 0.1) is 0 Å². The minimum Gasteiger partial charge on any atom is -0.100 e. The molecule has 0 aromatic rings. The summed E-state index contributed by atoms with van der Waals surface area (Å²) < 4.78 is 0. The van der Waals surface area contributed by atoms with Gasteiger partial charge in [0.25, 0.3) is 0 Å². The van der Waals surface area contributed by atoms with Crippen LogP contribution in [0.3, 0.4) is 0 Å². The highest BCUT2D eigenvalue weighted by atomic mass is 14.5. The second-order valence-corrected chi connectivity index (χ2v) is 4.63. The molecule has 66 valence electrons. The van der Waals surface area contributed by atoms with Crippen molar-refractivity contribution in [2.45, 2.75) is 26.7 Å². The van der Waals surface area contributed by atoms with Crippen molar-refractivity contribution in [2.24, 2.45) is 23.7 Å². The van der Waals surface area contributed by atoms with Crippen LogP contribution < -0.4 is 0 Å². The van der Waals surface area contributed by atoms with Gasteiger partial charge in [-0.25, -0.2) is 0 Å². The van der Waals surface area contributed by atoms with Gasteiger partial charge in [-0.3, -0.25) is 0 Å². The first-order chi connectivity index (χ1) is 5.68. The van der Waals surface area contributed by atoms with Crippen LogP contribution in [0.2, 0.25) is 0 Å². The summed E-state index contributed by atoms with van der Waals surface area (Å²) in [5.41, 5.74) is 1.35. The molecule has 0 N–H and O–H groups in total. The smallest absolute Gasteiger partial charge is 0.0194 e. The largest absolute Gasteiger partial charge is 0.100 e. The average molecular weight is 162 g/mol. The van der Waals surface area contributed by atoms with Gasteiger partial charge in [-0.1, -0.05) is 24.6 Å². The van der Waals surface area contributed by atoms with Crippen LogP contribution in [-0.2, 0) is 0 Å². The fourth-order valence-electron chi connectivity index (χ4n) is 2.91. The van der Waals surface area contributed by atoms with E-state index < -0.39 is 0 Å². The number of fused-ring (bicyclic) bond motifs is 2. The SMILES string of the molecule is C=C(C)CC1C2C=CC(C2)C1C. The molecule has 0 saturated heterocycles. The first-order valence-electron chi connectivity index (χ1n) is 5.01. The molecule has 1 saturated carbocycles. The highest BCUT2D eigenvalue weighted by molar-refractivity contribution is 5.14. The number of rotatable bonds is 2. The van der Waals surface area contributed by atoms with Crippen LogP contribution >= 0.6 is 0 Å². The normalized spacial score (nSPS) is 43.8. The second kappa shape index (κ2) is 2.76. The van der Waals surface area contributed by atoms with Crippen LogP contribution in [-0.4, -0.2) is 0 Å². The zero-order valence-corrected chi connectivity index (χ0v) is 8.09. The van der Waals surface area contributed by atoms with Crippen molar-refractivity contribution in [3.63, 3.8) is 0 Å². The van der Waals surface area contributed by atoms with Gasteiger partial charge >= 0.3 is 0 Å². The van der Waals surface area contributed by atoms with Gasteiger partial charge in [-0.05, 0) is 43.4 Å². The highest BCUT2D eigenvalue weighted by Gasteiger charge is 2.41. The lowest BCUT2D eigenvalue weighted by molar-refractivity contribution is 0.333. The topological polar surface area (TPSA) is 0 Å². The Morgan fingerprint density at radius 3 is 2.58 bits per heavy atom. The molecule has 2 bridgehead atoms. The lowest BCUT2D eigenvalue weighted by atomic mass is 9.81. The number of hydrogen-bond acceptors (Lipinski definition) is 0. The van der Waals surface area contributed by atoms with Crippen LogP contribution in [0.25, 0.3) is 0 Å². The van der Waals surface area contributed by atoms with Crippen molar-refractivity contribution in [3.8, 4) is 0 Å². The van der Waals surface area contributed by atoms with Crippen molar-refractivity contribution in [1.82, 2.24) is 0 Å². The van der Waals surface area contributed by atoms with E-state index in [1.165, 1.54) is 18.4 Å².